The lowest BCUT2D eigenvalue weighted by Crippen LogP contribution is -2.44. The van der Waals surface area contributed by atoms with E-state index in [1.165, 1.54) is 0 Å². The second-order valence-corrected chi connectivity index (χ2v) is 7.85. The van der Waals surface area contributed by atoms with Gasteiger partial charge in [0.2, 0.25) is 10.0 Å². The average Bonchev–Trinajstić information content (AvgIpc) is 2.94. The highest BCUT2D eigenvalue weighted by Crippen LogP contribution is 2.23. The van der Waals surface area contributed by atoms with Crippen molar-refractivity contribution in [2.24, 2.45) is 10.1 Å². The molecule has 1 aromatic rings. The summed E-state index contributed by atoms with van der Waals surface area (Å²) < 4.78 is 22.0. The number of nitrogens with two attached hydrogens (primary N) is 1. The second-order valence-electron chi connectivity index (χ2n) is 5.68. The topological polar surface area (TPSA) is 99.8 Å². The summed E-state index contributed by atoms with van der Waals surface area (Å²) in [6, 6.07) is 8.03. The summed E-state index contributed by atoms with van der Waals surface area (Å²) in [5.41, 5.74) is 1.10. The zero-order chi connectivity index (χ0) is 17.6. The van der Waals surface area contributed by atoms with Crippen molar-refractivity contribution < 1.29 is 8.42 Å². The third-order valence-electron chi connectivity index (χ3n) is 3.69. The van der Waals surface area contributed by atoms with Gasteiger partial charge in [0.15, 0.2) is 5.96 Å². The molecular formula is C15H25ClIN5O2S. The number of primary sulfonamides is 1. The SMILES string of the molecule is CCNC(=NCCS(N)(=O)=O)NC1CCN(c2cccc(Cl)c2)C1.I. The molecule has 0 bridgehead atoms. The van der Waals surface area contributed by atoms with Crippen molar-refractivity contribution in [2.45, 2.75) is 19.4 Å². The Bertz CT molecular complexity index is 686. The number of nitrogens with zero attached hydrogens (tertiary/aromatic N) is 2. The molecule has 1 aliphatic heterocycles. The van der Waals surface area contributed by atoms with E-state index in [0.717, 1.165) is 30.2 Å². The number of sulfonamides is 1. The van der Waals surface area contributed by atoms with Crippen LogP contribution in [0.15, 0.2) is 29.3 Å². The van der Waals surface area contributed by atoms with Crippen molar-refractivity contribution in [1.82, 2.24) is 10.6 Å². The number of nitrogens with one attached hydrogen (secondary N) is 2. The Labute approximate surface area is 171 Å². The van der Waals surface area contributed by atoms with Crippen molar-refractivity contribution in [3.05, 3.63) is 29.3 Å². The van der Waals surface area contributed by atoms with Crippen LogP contribution in [0.25, 0.3) is 0 Å². The fourth-order valence-electron chi connectivity index (χ4n) is 2.58. The van der Waals surface area contributed by atoms with Crippen LogP contribution >= 0.6 is 35.6 Å². The van der Waals surface area contributed by atoms with Crippen molar-refractivity contribution in [2.75, 3.05) is 36.8 Å². The number of hydrogen-bond acceptors (Lipinski definition) is 4. The van der Waals surface area contributed by atoms with Gasteiger partial charge in [-0.15, -0.1) is 24.0 Å². The maximum atomic E-state index is 11.0. The van der Waals surface area contributed by atoms with E-state index in [0.29, 0.717) is 12.5 Å². The Balaban J connectivity index is 0.00000312. The summed E-state index contributed by atoms with van der Waals surface area (Å²) >= 11 is 6.05. The molecular weight excluding hydrogens is 477 g/mol. The van der Waals surface area contributed by atoms with E-state index >= 15 is 0 Å². The molecule has 0 amide bonds. The molecule has 1 atom stereocenters. The third kappa shape index (κ3) is 7.97. The summed E-state index contributed by atoms with van der Waals surface area (Å²) in [7, 11) is -3.49. The zero-order valence-electron chi connectivity index (χ0n) is 14.1. The van der Waals surface area contributed by atoms with Crippen molar-refractivity contribution in [1.29, 1.82) is 0 Å². The van der Waals surface area contributed by atoms with Gasteiger partial charge in [-0.2, -0.15) is 0 Å². The lowest BCUT2D eigenvalue weighted by atomic mass is 10.3. The second kappa shape index (κ2) is 10.4. The maximum Gasteiger partial charge on any atom is 0.210 e. The summed E-state index contributed by atoms with van der Waals surface area (Å²) in [6.07, 6.45) is 0.964. The highest BCUT2D eigenvalue weighted by atomic mass is 127. The van der Waals surface area contributed by atoms with Crippen LogP contribution in [-0.2, 0) is 10.0 Å². The number of guanidine groups is 1. The summed E-state index contributed by atoms with van der Waals surface area (Å²) in [5, 5.41) is 12.2. The van der Waals surface area contributed by atoms with Crippen molar-refractivity contribution in [3.63, 3.8) is 0 Å². The fraction of sp³-hybridized carbons (Fsp3) is 0.533. The normalized spacial score (nSPS) is 18.0. The molecule has 1 aliphatic rings. The van der Waals surface area contributed by atoms with E-state index in [1.807, 2.05) is 31.2 Å². The summed E-state index contributed by atoms with van der Waals surface area (Å²) in [5.74, 6) is 0.446. The Kier molecular flexibility index (Phi) is 9.25. The van der Waals surface area contributed by atoms with Crippen LogP contribution in [0, 0.1) is 0 Å². The van der Waals surface area contributed by atoms with Crippen LogP contribution in [0.4, 0.5) is 5.69 Å². The first kappa shape index (κ1) is 22.3. The maximum absolute atomic E-state index is 11.0. The predicted octanol–water partition coefficient (Wildman–Crippen LogP) is 1.38. The predicted molar refractivity (Wildman–Crippen MR) is 115 cm³/mol. The molecule has 0 aromatic heterocycles. The Morgan fingerprint density at radius 1 is 1.48 bits per heavy atom. The van der Waals surface area contributed by atoms with Gasteiger partial charge in [-0.3, -0.25) is 4.99 Å². The van der Waals surface area contributed by atoms with Crippen molar-refractivity contribution in [3.8, 4) is 0 Å². The molecule has 0 aliphatic carbocycles. The molecule has 0 saturated carbocycles. The molecule has 0 radical (unpaired) electrons. The lowest BCUT2D eigenvalue weighted by molar-refractivity contribution is 0.597. The number of aliphatic imine (C=N–C) groups is 1. The van der Waals surface area contributed by atoms with Gasteiger partial charge in [-0.05, 0) is 31.5 Å². The van der Waals surface area contributed by atoms with Crippen LogP contribution in [0.5, 0.6) is 0 Å². The quantitative estimate of drug-likeness (QED) is 0.311. The number of benzene rings is 1. The molecule has 1 aromatic carbocycles. The number of anilines is 1. The summed E-state index contributed by atoms with van der Waals surface area (Å²) in [6.45, 7) is 4.56. The van der Waals surface area contributed by atoms with E-state index in [1.54, 1.807) is 0 Å². The number of hydrogen-bond donors (Lipinski definition) is 3. The first-order valence-electron chi connectivity index (χ1n) is 7.93. The highest BCUT2D eigenvalue weighted by Gasteiger charge is 2.23. The average molecular weight is 502 g/mol. The van der Waals surface area contributed by atoms with Crippen LogP contribution in [0.1, 0.15) is 13.3 Å². The minimum Gasteiger partial charge on any atom is -0.369 e. The van der Waals surface area contributed by atoms with E-state index in [4.69, 9.17) is 16.7 Å². The van der Waals surface area contributed by atoms with Gasteiger partial charge in [0, 0.05) is 36.4 Å². The van der Waals surface area contributed by atoms with E-state index < -0.39 is 10.0 Å². The molecule has 2 rings (SSSR count). The molecule has 4 N–H and O–H groups in total. The molecule has 7 nitrogen and oxygen atoms in total. The lowest BCUT2D eigenvalue weighted by Gasteiger charge is -2.20. The van der Waals surface area contributed by atoms with Gasteiger partial charge in [0.25, 0.3) is 0 Å². The Morgan fingerprint density at radius 2 is 2.24 bits per heavy atom. The molecule has 10 heteroatoms. The van der Waals surface area contributed by atoms with Gasteiger partial charge in [-0.1, -0.05) is 17.7 Å². The minimum atomic E-state index is -3.49. The monoisotopic (exact) mass is 501 g/mol. The first-order chi connectivity index (χ1) is 11.4. The standard InChI is InChI=1S/C15H24ClN5O2S.HI/c1-2-18-15(19-7-9-24(17,22)23)20-13-6-8-21(11-13)14-5-3-4-12(16)10-14;/h3-5,10,13H,2,6-9,11H2,1H3,(H2,17,22,23)(H2,18,19,20);1H. The van der Waals surface area contributed by atoms with Crippen LogP contribution < -0.4 is 20.7 Å². The third-order valence-corrected chi connectivity index (χ3v) is 4.68. The van der Waals surface area contributed by atoms with Crippen molar-refractivity contribution >= 4 is 57.2 Å². The Morgan fingerprint density at radius 3 is 2.88 bits per heavy atom. The van der Waals surface area contributed by atoms with Gasteiger partial charge in [0.1, 0.15) is 0 Å². The molecule has 25 heavy (non-hydrogen) atoms. The van der Waals surface area contributed by atoms with Gasteiger partial charge < -0.3 is 15.5 Å². The van der Waals surface area contributed by atoms with Crippen LogP contribution in [0.3, 0.4) is 0 Å². The van der Waals surface area contributed by atoms with E-state index in [9.17, 15) is 8.42 Å². The molecule has 1 saturated heterocycles. The smallest absolute Gasteiger partial charge is 0.210 e. The fourth-order valence-corrected chi connectivity index (χ4v) is 3.11. The van der Waals surface area contributed by atoms with E-state index in [2.05, 4.69) is 20.5 Å². The van der Waals surface area contributed by atoms with Gasteiger partial charge in [0.05, 0.1) is 12.3 Å². The Hall–Kier alpha value is -0.780. The van der Waals surface area contributed by atoms with Gasteiger partial charge in [-0.25, -0.2) is 13.6 Å². The minimum absolute atomic E-state index is 0. The molecule has 142 valence electrons. The highest BCUT2D eigenvalue weighted by molar-refractivity contribution is 14.0. The zero-order valence-corrected chi connectivity index (χ0v) is 18.0. The first-order valence-corrected chi connectivity index (χ1v) is 10.0. The molecule has 1 heterocycles. The van der Waals surface area contributed by atoms with E-state index in [-0.39, 0.29) is 42.3 Å². The largest absolute Gasteiger partial charge is 0.369 e. The van der Waals surface area contributed by atoms with Crippen LogP contribution in [0.2, 0.25) is 5.02 Å². The molecule has 0 spiro atoms. The molecule has 1 fully saturated rings. The molecule has 1 unspecified atom stereocenters. The van der Waals surface area contributed by atoms with Gasteiger partial charge >= 0.3 is 0 Å². The number of rotatable bonds is 6. The summed E-state index contributed by atoms with van der Waals surface area (Å²) in [4.78, 5) is 6.53. The van der Waals surface area contributed by atoms with Crippen LogP contribution in [-0.4, -0.2) is 52.4 Å². The number of halogens is 2.